The number of pyridine rings is 1. The van der Waals surface area contributed by atoms with E-state index in [0.29, 0.717) is 0 Å². The van der Waals surface area contributed by atoms with E-state index >= 15 is 0 Å². The van der Waals surface area contributed by atoms with Gasteiger partial charge in [0, 0.05) is 23.5 Å². The maximum absolute atomic E-state index is 6.08. The van der Waals surface area contributed by atoms with Crippen LogP contribution in [-0.4, -0.2) is 30.3 Å². The highest BCUT2D eigenvalue weighted by atomic mass is 35.5. The molecule has 1 saturated heterocycles. The summed E-state index contributed by atoms with van der Waals surface area (Å²) in [5.41, 5.74) is 2.19. The number of fused-ring (bicyclic) bond motifs is 1. The highest BCUT2D eigenvalue weighted by molar-refractivity contribution is 6.31. The van der Waals surface area contributed by atoms with Gasteiger partial charge in [-0.25, -0.2) is 4.98 Å². The lowest BCUT2D eigenvalue weighted by Gasteiger charge is -2.36. The van der Waals surface area contributed by atoms with Crippen LogP contribution in [0.25, 0.3) is 10.9 Å². The molecule has 0 bridgehead atoms. The number of benzene rings is 1. The SMILES string of the molecule is Cc1cc(N2C[C@@H](C)O[C@H](C)C2)nc2cc(Cl)ccc12. The Bertz CT molecular complexity index is 634. The van der Waals surface area contributed by atoms with E-state index in [1.165, 1.54) is 5.56 Å². The molecule has 0 radical (unpaired) electrons. The Kier molecular flexibility index (Phi) is 3.57. The number of morpholine rings is 1. The Balaban J connectivity index is 2.03. The van der Waals surface area contributed by atoms with Crippen molar-refractivity contribution in [3.05, 3.63) is 34.9 Å². The molecule has 4 heteroatoms. The van der Waals surface area contributed by atoms with Crippen molar-refractivity contribution < 1.29 is 4.74 Å². The molecule has 1 fully saturated rings. The van der Waals surface area contributed by atoms with Crippen molar-refractivity contribution in [1.82, 2.24) is 4.98 Å². The smallest absolute Gasteiger partial charge is 0.129 e. The first-order valence-corrected chi connectivity index (χ1v) is 7.38. The molecule has 0 saturated carbocycles. The van der Waals surface area contributed by atoms with Crippen molar-refractivity contribution in [1.29, 1.82) is 0 Å². The summed E-state index contributed by atoms with van der Waals surface area (Å²) >= 11 is 6.08. The number of rotatable bonds is 1. The van der Waals surface area contributed by atoms with Gasteiger partial charge in [0.25, 0.3) is 0 Å². The summed E-state index contributed by atoms with van der Waals surface area (Å²) < 4.78 is 5.78. The quantitative estimate of drug-likeness (QED) is 0.798. The normalized spacial score (nSPS) is 23.3. The third kappa shape index (κ3) is 2.60. The average molecular weight is 291 g/mol. The van der Waals surface area contributed by atoms with Crippen LogP contribution in [0.2, 0.25) is 5.02 Å². The first-order chi connectivity index (χ1) is 9.52. The number of hydrogen-bond acceptors (Lipinski definition) is 3. The third-order valence-electron chi connectivity index (χ3n) is 3.71. The zero-order chi connectivity index (χ0) is 14.3. The molecule has 3 rings (SSSR count). The second kappa shape index (κ2) is 5.23. The zero-order valence-electron chi connectivity index (χ0n) is 12.1. The third-order valence-corrected chi connectivity index (χ3v) is 3.94. The Hall–Kier alpha value is -1.32. The minimum atomic E-state index is 0.232. The summed E-state index contributed by atoms with van der Waals surface area (Å²) in [5.74, 6) is 1.01. The molecule has 1 aliphatic rings. The van der Waals surface area contributed by atoms with Crippen molar-refractivity contribution in [2.75, 3.05) is 18.0 Å². The van der Waals surface area contributed by atoms with E-state index in [4.69, 9.17) is 21.3 Å². The number of nitrogens with zero attached hydrogens (tertiary/aromatic N) is 2. The number of aryl methyl sites for hydroxylation is 1. The fraction of sp³-hybridized carbons (Fsp3) is 0.438. The molecule has 1 aromatic carbocycles. The minimum Gasteiger partial charge on any atom is -0.372 e. The fourth-order valence-corrected chi connectivity index (χ4v) is 3.05. The second-order valence-corrected chi connectivity index (χ2v) is 6.06. The molecule has 1 aliphatic heterocycles. The second-order valence-electron chi connectivity index (χ2n) is 5.62. The molecule has 20 heavy (non-hydrogen) atoms. The lowest BCUT2D eigenvalue weighted by atomic mass is 10.1. The minimum absolute atomic E-state index is 0.232. The van der Waals surface area contributed by atoms with Gasteiger partial charge >= 0.3 is 0 Å². The van der Waals surface area contributed by atoms with Crippen molar-refractivity contribution in [3.8, 4) is 0 Å². The molecular weight excluding hydrogens is 272 g/mol. The van der Waals surface area contributed by atoms with Crippen LogP contribution in [0.5, 0.6) is 0 Å². The average Bonchev–Trinajstić information content (AvgIpc) is 2.36. The van der Waals surface area contributed by atoms with Gasteiger partial charge < -0.3 is 9.64 Å². The summed E-state index contributed by atoms with van der Waals surface area (Å²) in [6.07, 6.45) is 0.465. The molecule has 1 aromatic heterocycles. The van der Waals surface area contributed by atoms with Crippen LogP contribution < -0.4 is 4.90 Å². The molecule has 2 atom stereocenters. The molecule has 0 aliphatic carbocycles. The largest absolute Gasteiger partial charge is 0.372 e. The summed E-state index contributed by atoms with van der Waals surface area (Å²) in [4.78, 5) is 7.07. The molecule has 3 nitrogen and oxygen atoms in total. The predicted molar refractivity (Wildman–Crippen MR) is 83.7 cm³/mol. The standard InChI is InChI=1S/C16H19ClN2O/c1-10-6-16(19-8-11(2)20-12(3)9-19)18-15-7-13(17)4-5-14(10)15/h4-7,11-12H,8-9H2,1-3H3/t11-,12-/m1/s1. The van der Waals surface area contributed by atoms with E-state index in [0.717, 1.165) is 34.8 Å². The molecule has 2 heterocycles. The molecule has 106 valence electrons. The van der Waals surface area contributed by atoms with Crippen molar-refractivity contribution in [3.63, 3.8) is 0 Å². The van der Waals surface area contributed by atoms with Gasteiger partial charge in [-0.05, 0) is 44.5 Å². The molecule has 0 spiro atoms. The first kappa shape index (κ1) is 13.7. The van der Waals surface area contributed by atoms with Crippen LogP contribution in [0, 0.1) is 6.92 Å². The van der Waals surface area contributed by atoms with Crippen LogP contribution in [0.15, 0.2) is 24.3 Å². The van der Waals surface area contributed by atoms with Gasteiger partial charge in [0.05, 0.1) is 17.7 Å². The van der Waals surface area contributed by atoms with Crippen molar-refractivity contribution >= 4 is 28.3 Å². The Labute approximate surface area is 124 Å². The molecular formula is C16H19ClN2O. The number of hydrogen-bond donors (Lipinski definition) is 0. The van der Waals surface area contributed by atoms with Crippen LogP contribution in [0.4, 0.5) is 5.82 Å². The summed E-state index contributed by atoms with van der Waals surface area (Å²) in [7, 11) is 0. The van der Waals surface area contributed by atoms with Gasteiger partial charge in [-0.15, -0.1) is 0 Å². The molecule has 0 amide bonds. The van der Waals surface area contributed by atoms with Crippen LogP contribution in [-0.2, 0) is 4.74 Å². The molecule has 0 unspecified atom stereocenters. The number of aromatic nitrogens is 1. The molecule has 2 aromatic rings. The van der Waals surface area contributed by atoms with E-state index in [-0.39, 0.29) is 12.2 Å². The van der Waals surface area contributed by atoms with Gasteiger partial charge in [0.1, 0.15) is 5.82 Å². The van der Waals surface area contributed by atoms with E-state index < -0.39 is 0 Å². The maximum atomic E-state index is 6.08. The van der Waals surface area contributed by atoms with E-state index in [1.54, 1.807) is 0 Å². The van der Waals surface area contributed by atoms with Crippen LogP contribution in [0.3, 0.4) is 0 Å². The maximum Gasteiger partial charge on any atom is 0.129 e. The predicted octanol–water partition coefficient (Wildman–Crippen LogP) is 3.81. The number of anilines is 1. The van der Waals surface area contributed by atoms with Crippen LogP contribution in [0.1, 0.15) is 19.4 Å². The Morgan fingerprint density at radius 3 is 2.60 bits per heavy atom. The van der Waals surface area contributed by atoms with Crippen LogP contribution >= 0.6 is 11.6 Å². The summed E-state index contributed by atoms with van der Waals surface area (Å²) in [6.45, 7) is 8.08. The van der Waals surface area contributed by atoms with Crippen molar-refractivity contribution in [2.24, 2.45) is 0 Å². The van der Waals surface area contributed by atoms with E-state index in [1.807, 2.05) is 18.2 Å². The van der Waals surface area contributed by atoms with Gasteiger partial charge in [0.15, 0.2) is 0 Å². The number of halogens is 1. The van der Waals surface area contributed by atoms with Gasteiger partial charge in [-0.2, -0.15) is 0 Å². The lowest BCUT2D eigenvalue weighted by Crippen LogP contribution is -2.45. The highest BCUT2D eigenvalue weighted by Crippen LogP contribution is 2.26. The lowest BCUT2D eigenvalue weighted by molar-refractivity contribution is -0.00544. The fourth-order valence-electron chi connectivity index (χ4n) is 2.88. The first-order valence-electron chi connectivity index (χ1n) is 7.00. The van der Waals surface area contributed by atoms with Gasteiger partial charge in [0.2, 0.25) is 0 Å². The topological polar surface area (TPSA) is 25.4 Å². The van der Waals surface area contributed by atoms with Gasteiger partial charge in [-0.3, -0.25) is 0 Å². The summed E-state index contributed by atoms with van der Waals surface area (Å²) in [6, 6.07) is 8.03. The van der Waals surface area contributed by atoms with E-state index in [2.05, 4.69) is 31.7 Å². The highest BCUT2D eigenvalue weighted by Gasteiger charge is 2.23. The molecule has 0 N–H and O–H groups in total. The zero-order valence-corrected chi connectivity index (χ0v) is 12.8. The van der Waals surface area contributed by atoms with Crippen molar-refractivity contribution in [2.45, 2.75) is 33.0 Å². The van der Waals surface area contributed by atoms with Gasteiger partial charge in [-0.1, -0.05) is 17.7 Å². The van der Waals surface area contributed by atoms with E-state index in [9.17, 15) is 0 Å². The Morgan fingerprint density at radius 1 is 1.20 bits per heavy atom. The summed E-state index contributed by atoms with van der Waals surface area (Å²) in [5, 5.41) is 1.89. The Morgan fingerprint density at radius 2 is 1.90 bits per heavy atom. The monoisotopic (exact) mass is 290 g/mol. The number of ether oxygens (including phenoxy) is 1.